The first-order valence-electron chi connectivity index (χ1n) is 6.73. The van der Waals surface area contributed by atoms with E-state index in [4.69, 9.17) is 4.74 Å². The molecule has 0 fully saturated rings. The molecule has 0 saturated carbocycles. The van der Waals surface area contributed by atoms with Gasteiger partial charge in [-0.2, -0.15) is 5.10 Å². The highest BCUT2D eigenvalue weighted by Gasteiger charge is 2.27. The molecular formula is C14H28N2O3. The summed E-state index contributed by atoms with van der Waals surface area (Å²) >= 11 is 0. The van der Waals surface area contributed by atoms with E-state index in [0.717, 1.165) is 18.6 Å². The Kier molecular flexibility index (Phi) is 8.39. The van der Waals surface area contributed by atoms with E-state index in [0.29, 0.717) is 18.9 Å². The summed E-state index contributed by atoms with van der Waals surface area (Å²) in [7, 11) is 3.13. The molecule has 1 atom stereocenters. The molecule has 1 N–H and O–H groups in total. The van der Waals surface area contributed by atoms with E-state index < -0.39 is 0 Å². The number of rotatable bonds is 9. The van der Waals surface area contributed by atoms with Crippen LogP contribution in [0.4, 0.5) is 0 Å². The maximum absolute atomic E-state index is 10.9. The Morgan fingerprint density at radius 2 is 1.95 bits per heavy atom. The van der Waals surface area contributed by atoms with Gasteiger partial charge in [0.25, 0.3) is 0 Å². The van der Waals surface area contributed by atoms with E-state index in [2.05, 4.69) is 36.0 Å². The van der Waals surface area contributed by atoms with Gasteiger partial charge >= 0.3 is 5.97 Å². The van der Waals surface area contributed by atoms with Gasteiger partial charge in [-0.05, 0) is 32.6 Å². The van der Waals surface area contributed by atoms with E-state index in [1.165, 1.54) is 7.11 Å². The van der Waals surface area contributed by atoms with Crippen LogP contribution in [0.3, 0.4) is 0 Å². The molecule has 5 nitrogen and oxygen atoms in total. The van der Waals surface area contributed by atoms with E-state index in [-0.39, 0.29) is 11.6 Å². The second kappa shape index (κ2) is 8.91. The van der Waals surface area contributed by atoms with Crippen molar-refractivity contribution in [1.82, 2.24) is 5.43 Å². The summed E-state index contributed by atoms with van der Waals surface area (Å²) < 4.78 is 10.1. The van der Waals surface area contributed by atoms with Gasteiger partial charge in [-0.15, -0.1) is 0 Å². The first-order valence-corrected chi connectivity index (χ1v) is 6.73. The average molecular weight is 272 g/mol. The Balaban J connectivity index is 4.02. The predicted molar refractivity (Wildman–Crippen MR) is 77.2 cm³/mol. The standard InChI is InChI=1S/C14H28N2O3/c1-11(2)14(4,19-6)9-7-12(3)16-15-10-8-13(17)18-5/h11,15H,7-10H2,1-6H3/b16-12+. The van der Waals surface area contributed by atoms with Crippen LogP contribution < -0.4 is 5.43 Å². The molecule has 0 aliphatic carbocycles. The third-order valence-corrected chi connectivity index (χ3v) is 3.61. The van der Waals surface area contributed by atoms with Gasteiger partial charge in [0.1, 0.15) is 0 Å². The number of hydrogen-bond donors (Lipinski definition) is 1. The minimum absolute atomic E-state index is 0.122. The fraction of sp³-hybridized carbons (Fsp3) is 0.857. The number of esters is 1. The molecule has 0 aromatic heterocycles. The summed E-state index contributed by atoms with van der Waals surface area (Å²) in [5.41, 5.74) is 3.77. The molecule has 0 aromatic carbocycles. The molecule has 0 heterocycles. The summed E-state index contributed by atoms with van der Waals surface area (Å²) in [4.78, 5) is 10.9. The normalized spacial score (nSPS) is 15.2. The van der Waals surface area contributed by atoms with Gasteiger partial charge in [0.2, 0.25) is 0 Å². The summed E-state index contributed by atoms with van der Waals surface area (Å²) in [5, 5.41) is 4.23. The highest BCUT2D eigenvalue weighted by Crippen LogP contribution is 2.26. The maximum Gasteiger partial charge on any atom is 0.307 e. The SMILES string of the molecule is COC(=O)CCN/N=C(\C)CCC(C)(OC)C(C)C. The smallest absolute Gasteiger partial charge is 0.307 e. The maximum atomic E-state index is 10.9. The van der Waals surface area contributed by atoms with Crippen LogP contribution in [0.1, 0.15) is 47.0 Å². The van der Waals surface area contributed by atoms with Gasteiger partial charge in [-0.3, -0.25) is 4.79 Å². The number of methoxy groups -OCH3 is 2. The number of carbonyl (C=O) groups excluding carboxylic acids is 1. The molecule has 0 bridgehead atoms. The Labute approximate surface area is 116 Å². The van der Waals surface area contributed by atoms with Crippen LogP contribution in [0, 0.1) is 5.92 Å². The van der Waals surface area contributed by atoms with Crippen LogP contribution in [-0.2, 0) is 14.3 Å². The van der Waals surface area contributed by atoms with Gasteiger partial charge in [-0.1, -0.05) is 13.8 Å². The zero-order chi connectivity index (χ0) is 14.9. The van der Waals surface area contributed by atoms with Gasteiger partial charge in [0.15, 0.2) is 0 Å². The van der Waals surface area contributed by atoms with E-state index in [1.807, 2.05) is 6.92 Å². The number of ether oxygens (including phenoxy) is 2. The van der Waals surface area contributed by atoms with Crippen molar-refractivity contribution in [1.29, 1.82) is 0 Å². The molecule has 112 valence electrons. The predicted octanol–water partition coefficient (Wildman–Crippen LogP) is 2.36. The molecule has 0 saturated heterocycles. The Bertz CT molecular complexity index is 303. The van der Waals surface area contributed by atoms with Crippen molar-refractivity contribution < 1.29 is 14.3 Å². The zero-order valence-electron chi connectivity index (χ0n) is 13.1. The zero-order valence-corrected chi connectivity index (χ0v) is 13.1. The minimum Gasteiger partial charge on any atom is -0.469 e. The van der Waals surface area contributed by atoms with Gasteiger partial charge in [0.05, 0.1) is 19.1 Å². The van der Waals surface area contributed by atoms with Gasteiger partial charge < -0.3 is 14.9 Å². The van der Waals surface area contributed by atoms with Crippen molar-refractivity contribution in [3.8, 4) is 0 Å². The summed E-state index contributed by atoms with van der Waals surface area (Å²) in [6.07, 6.45) is 2.12. The van der Waals surface area contributed by atoms with Crippen molar-refractivity contribution in [2.45, 2.75) is 52.6 Å². The Morgan fingerprint density at radius 1 is 1.32 bits per heavy atom. The van der Waals surface area contributed by atoms with Crippen LogP contribution >= 0.6 is 0 Å². The molecule has 0 aromatic rings. The number of carbonyl (C=O) groups is 1. The van der Waals surface area contributed by atoms with Crippen molar-refractivity contribution in [3.63, 3.8) is 0 Å². The van der Waals surface area contributed by atoms with Gasteiger partial charge in [-0.25, -0.2) is 0 Å². The molecule has 0 amide bonds. The van der Waals surface area contributed by atoms with E-state index in [1.54, 1.807) is 7.11 Å². The molecule has 1 unspecified atom stereocenters. The third kappa shape index (κ3) is 7.15. The molecule has 0 radical (unpaired) electrons. The quantitative estimate of drug-likeness (QED) is 0.303. The number of hydrogen-bond acceptors (Lipinski definition) is 5. The first kappa shape index (κ1) is 17.9. The lowest BCUT2D eigenvalue weighted by atomic mass is 9.87. The summed E-state index contributed by atoms with van der Waals surface area (Å²) in [5.74, 6) is 0.227. The fourth-order valence-corrected chi connectivity index (χ4v) is 1.56. The van der Waals surface area contributed by atoms with Gasteiger partial charge in [0, 0.05) is 19.4 Å². The Morgan fingerprint density at radius 3 is 2.42 bits per heavy atom. The van der Waals surface area contributed by atoms with Crippen molar-refractivity contribution >= 4 is 11.7 Å². The molecule has 19 heavy (non-hydrogen) atoms. The van der Waals surface area contributed by atoms with Crippen molar-refractivity contribution in [2.24, 2.45) is 11.0 Å². The lowest BCUT2D eigenvalue weighted by Crippen LogP contribution is -2.34. The highest BCUT2D eigenvalue weighted by molar-refractivity contribution is 5.81. The first-order chi connectivity index (χ1) is 8.85. The Hall–Kier alpha value is -1.10. The van der Waals surface area contributed by atoms with Crippen LogP contribution in [0.25, 0.3) is 0 Å². The van der Waals surface area contributed by atoms with Crippen LogP contribution in [-0.4, -0.2) is 38.0 Å². The monoisotopic (exact) mass is 272 g/mol. The molecule has 5 heteroatoms. The third-order valence-electron chi connectivity index (χ3n) is 3.61. The summed E-state index contributed by atoms with van der Waals surface area (Å²) in [6.45, 7) is 8.90. The lowest BCUT2D eigenvalue weighted by Gasteiger charge is -2.32. The molecule has 0 aliphatic heterocycles. The van der Waals surface area contributed by atoms with Crippen LogP contribution in [0.2, 0.25) is 0 Å². The van der Waals surface area contributed by atoms with Crippen LogP contribution in [0.5, 0.6) is 0 Å². The lowest BCUT2D eigenvalue weighted by molar-refractivity contribution is -0.140. The van der Waals surface area contributed by atoms with Crippen molar-refractivity contribution in [2.75, 3.05) is 20.8 Å². The topological polar surface area (TPSA) is 59.9 Å². The largest absolute Gasteiger partial charge is 0.469 e. The highest BCUT2D eigenvalue weighted by atomic mass is 16.5. The van der Waals surface area contributed by atoms with E-state index >= 15 is 0 Å². The van der Waals surface area contributed by atoms with Crippen molar-refractivity contribution in [3.05, 3.63) is 0 Å². The minimum atomic E-state index is -0.230. The average Bonchev–Trinajstić information content (AvgIpc) is 2.40. The number of nitrogens with zero attached hydrogens (tertiary/aromatic N) is 1. The molecule has 0 aliphatic rings. The fourth-order valence-electron chi connectivity index (χ4n) is 1.56. The second-order valence-corrected chi connectivity index (χ2v) is 5.25. The summed E-state index contributed by atoms with van der Waals surface area (Å²) in [6, 6.07) is 0. The second-order valence-electron chi connectivity index (χ2n) is 5.25. The molecule has 0 spiro atoms. The molecular weight excluding hydrogens is 244 g/mol. The molecule has 0 rings (SSSR count). The number of hydrazone groups is 1. The van der Waals surface area contributed by atoms with E-state index in [9.17, 15) is 4.79 Å². The number of nitrogens with one attached hydrogen (secondary N) is 1. The van der Waals surface area contributed by atoms with Crippen LogP contribution in [0.15, 0.2) is 5.10 Å².